The molecule has 1 fully saturated rings. The van der Waals surface area contributed by atoms with Crippen LogP contribution in [0.4, 0.5) is 5.69 Å². The lowest BCUT2D eigenvalue weighted by Crippen LogP contribution is -2.35. The molecule has 0 atom stereocenters. The minimum absolute atomic E-state index is 0.334. The highest BCUT2D eigenvalue weighted by Gasteiger charge is 2.30. The number of nitrogens with one attached hydrogen (secondary N) is 1. The lowest BCUT2D eigenvalue weighted by atomic mass is 10.1. The van der Waals surface area contributed by atoms with Gasteiger partial charge in [0.05, 0.1) is 17.9 Å². The highest BCUT2D eigenvalue weighted by Crippen LogP contribution is 2.28. The van der Waals surface area contributed by atoms with Crippen LogP contribution in [0.1, 0.15) is 56.1 Å². The molecule has 0 aromatic carbocycles. The van der Waals surface area contributed by atoms with Gasteiger partial charge in [0.25, 0.3) is 5.91 Å². The fraction of sp³-hybridized carbons (Fsp3) is 0.500. The van der Waals surface area contributed by atoms with E-state index in [1.54, 1.807) is 6.07 Å². The van der Waals surface area contributed by atoms with Gasteiger partial charge in [0.1, 0.15) is 0 Å². The first-order valence-electron chi connectivity index (χ1n) is 8.03. The van der Waals surface area contributed by atoms with Crippen LogP contribution in [-0.4, -0.2) is 36.5 Å². The fourth-order valence-electron chi connectivity index (χ4n) is 2.82. The molecule has 0 spiro atoms. The molecule has 2 N–H and O–H groups in total. The predicted octanol–water partition coefficient (Wildman–Crippen LogP) is 2.27. The maximum Gasteiger partial charge on any atom is 0.331 e. The van der Waals surface area contributed by atoms with Gasteiger partial charge in [0.15, 0.2) is 11.2 Å². The molecule has 1 saturated carbocycles. The Balaban J connectivity index is 1.69. The Kier molecular flexibility index (Phi) is 4.13. The van der Waals surface area contributed by atoms with Crippen LogP contribution >= 0.6 is 0 Å². The first-order valence-corrected chi connectivity index (χ1v) is 8.03. The minimum atomic E-state index is -1.19. The van der Waals surface area contributed by atoms with Crippen molar-refractivity contribution in [1.82, 2.24) is 19.6 Å². The molecule has 8 nitrogen and oxygen atoms in total. The zero-order valence-electron chi connectivity index (χ0n) is 13.8. The monoisotopic (exact) mass is 331 g/mol. The number of amides is 1. The molecule has 0 unspecified atom stereocenters. The van der Waals surface area contributed by atoms with E-state index in [9.17, 15) is 14.7 Å². The molecule has 8 heteroatoms. The Bertz CT molecular complexity index is 755. The summed E-state index contributed by atoms with van der Waals surface area (Å²) in [6.07, 6.45) is 9.35. The van der Waals surface area contributed by atoms with Gasteiger partial charge in [-0.3, -0.25) is 14.2 Å². The summed E-state index contributed by atoms with van der Waals surface area (Å²) in [5.74, 6) is -1.33. The molecule has 2 heterocycles. The van der Waals surface area contributed by atoms with Crippen molar-refractivity contribution in [3.8, 4) is 0 Å². The molecule has 128 valence electrons. The van der Waals surface area contributed by atoms with Crippen LogP contribution in [0.2, 0.25) is 0 Å². The van der Waals surface area contributed by atoms with Crippen LogP contribution in [0.25, 0.3) is 0 Å². The lowest BCUT2D eigenvalue weighted by molar-refractivity contribution is -0.146. The number of carboxylic acid groups (broad SMARTS) is 1. The van der Waals surface area contributed by atoms with Crippen LogP contribution in [-0.2, 0) is 10.3 Å². The molecule has 0 aliphatic heterocycles. The molecule has 0 radical (unpaired) electrons. The Morgan fingerprint density at radius 2 is 2.04 bits per heavy atom. The number of aliphatic carboxylic acids is 1. The van der Waals surface area contributed by atoms with Gasteiger partial charge in [-0.15, -0.1) is 0 Å². The Morgan fingerprint density at radius 3 is 2.71 bits per heavy atom. The standard InChI is InChI=1S/C16H21N5O3/c1-16(2,15(23)24)21-10-11(9-17-21)18-14(22)13-7-8-20(19-13)12-5-3-4-6-12/h7-10,12H,3-6H2,1-2H3,(H,18,22)(H,23,24). The third-order valence-electron chi connectivity index (χ3n) is 4.48. The average Bonchev–Trinajstić information content (AvgIpc) is 3.27. The minimum Gasteiger partial charge on any atom is -0.479 e. The molecule has 0 saturated heterocycles. The normalized spacial score (nSPS) is 15.6. The second-order valence-corrected chi connectivity index (χ2v) is 6.61. The van der Waals surface area contributed by atoms with Crippen LogP contribution in [0.5, 0.6) is 0 Å². The van der Waals surface area contributed by atoms with Crippen LogP contribution < -0.4 is 5.32 Å². The third kappa shape index (κ3) is 3.04. The number of carbonyl (C=O) groups excluding carboxylic acids is 1. The Hall–Kier alpha value is -2.64. The van der Waals surface area contributed by atoms with E-state index >= 15 is 0 Å². The summed E-state index contributed by atoms with van der Waals surface area (Å²) in [7, 11) is 0. The van der Waals surface area contributed by atoms with Crippen molar-refractivity contribution in [3.63, 3.8) is 0 Å². The van der Waals surface area contributed by atoms with E-state index in [0.717, 1.165) is 12.8 Å². The van der Waals surface area contributed by atoms with Gasteiger partial charge in [0.2, 0.25) is 0 Å². The van der Waals surface area contributed by atoms with Crippen molar-refractivity contribution in [2.24, 2.45) is 0 Å². The van der Waals surface area contributed by atoms with E-state index < -0.39 is 11.5 Å². The Labute approximate surface area is 139 Å². The maximum absolute atomic E-state index is 12.3. The fourth-order valence-corrected chi connectivity index (χ4v) is 2.82. The number of hydrogen-bond acceptors (Lipinski definition) is 4. The zero-order valence-corrected chi connectivity index (χ0v) is 13.8. The van der Waals surface area contributed by atoms with E-state index in [0.29, 0.717) is 17.4 Å². The molecule has 1 aliphatic carbocycles. The number of aromatic nitrogens is 4. The first-order chi connectivity index (χ1) is 11.4. The van der Waals surface area contributed by atoms with Gasteiger partial charge in [-0.2, -0.15) is 10.2 Å². The molecule has 2 aromatic heterocycles. The Morgan fingerprint density at radius 1 is 1.33 bits per heavy atom. The zero-order chi connectivity index (χ0) is 17.3. The summed E-state index contributed by atoms with van der Waals surface area (Å²) in [6.45, 7) is 3.08. The molecule has 0 bridgehead atoms. The van der Waals surface area contributed by atoms with E-state index in [1.165, 1.54) is 43.8 Å². The van der Waals surface area contributed by atoms with Crippen molar-refractivity contribution >= 4 is 17.6 Å². The van der Waals surface area contributed by atoms with E-state index in [1.807, 2.05) is 10.9 Å². The van der Waals surface area contributed by atoms with Gasteiger partial charge < -0.3 is 10.4 Å². The number of carbonyl (C=O) groups is 2. The van der Waals surface area contributed by atoms with E-state index in [-0.39, 0.29) is 5.91 Å². The van der Waals surface area contributed by atoms with Crippen molar-refractivity contribution in [2.45, 2.75) is 51.1 Å². The molecule has 24 heavy (non-hydrogen) atoms. The number of anilines is 1. The summed E-state index contributed by atoms with van der Waals surface area (Å²) < 4.78 is 3.17. The van der Waals surface area contributed by atoms with Crippen LogP contribution in [0.3, 0.4) is 0 Å². The van der Waals surface area contributed by atoms with Gasteiger partial charge in [0, 0.05) is 12.4 Å². The molecule has 1 amide bonds. The molecule has 3 rings (SSSR count). The highest BCUT2D eigenvalue weighted by atomic mass is 16.4. The summed E-state index contributed by atoms with van der Waals surface area (Å²) >= 11 is 0. The van der Waals surface area contributed by atoms with Gasteiger partial charge >= 0.3 is 5.97 Å². The smallest absolute Gasteiger partial charge is 0.331 e. The average molecular weight is 331 g/mol. The topological polar surface area (TPSA) is 102 Å². The molecular formula is C16H21N5O3. The lowest BCUT2D eigenvalue weighted by Gasteiger charge is -2.19. The SMILES string of the molecule is CC(C)(C(=O)O)n1cc(NC(=O)c2ccn(C3CCCC3)n2)cn1. The maximum atomic E-state index is 12.3. The summed E-state index contributed by atoms with van der Waals surface area (Å²) in [6, 6.07) is 2.07. The number of hydrogen-bond donors (Lipinski definition) is 2. The largest absolute Gasteiger partial charge is 0.479 e. The van der Waals surface area contributed by atoms with E-state index in [2.05, 4.69) is 15.5 Å². The summed E-state index contributed by atoms with van der Waals surface area (Å²) in [5, 5.41) is 20.3. The van der Waals surface area contributed by atoms with Gasteiger partial charge in [-0.05, 0) is 32.8 Å². The predicted molar refractivity (Wildman–Crippen MR) is 86.9 cm³/mol. The van der Waals surface area contributed by atoms with Gasteiger partial charge in [-0.1, -0.05) is 12.8 Å². The van der Waals surface area contributed by atoms with Crippen molar-refractivity contribution < 1.29 is 14.7 Å². The third-order valence-corrected chi connectivity index (χ3v) is 4.48. The first kappa shape index (κ1) is 16.2. The number of carboxylic acids is 1. The van der Waals surface area contributed by atoms with Crippen molar-refractivity contribution in [3.05, 3.63) is 30.4 Å². The van der Waals surface area contributed by atoms with Crippen LogP contribution in [0.15, 0.2) is 24.7 Å². The van der Waals surface area contributed by atoms with Crippen molar-refractivity contribution in [1.29, 1.82) is 0 Å². The number of nitrogens with zero attached hydrogens (tertiary/aromatic N) is 4. The van der Waals surface area contributed by atoms with Crippen molar-refractivity contribution in [2.75, 3.05) is 5.32 Å². The molecular weight excluding hydrogens is 310 g/mol. The quantitative estimate of drug-likeness (QED) is 0.875. The molecule has 1 aliphatic rings. The summed E-state index contributed by atoms with van der Waals surface area (Å²) in [4.78, 5) is 23.5. The molecule has 2 aromatic rings. The summed E-state index contributed by atoms with van der Waals surface area (Å²) in [5.41, 5.74) is -0.413. The van der Waals surface area contributed by atoms with Crippen LogP contribution in [0, 0.1) is 0 Å². The van der Waals surface area contributed by atoms with E-state index in [4.69, 9.17) is 0 Å². The van der Waals surface area contributed by atoms with Gasteiger partial charge in [-0.25, -0.2) is 4.79 Å². The number of rotatable bonds is 5. The second kappa shape index (κ2) is 6.10. The second-order valence-electron chi connectivity index (χ2n) is 6.61. The highest BCUT2D eigenvalue weighted by molar-refractivity contribution is 6.02.